The Morgan fingerprint density at radius 2 is 1.79 bits per heavy atom. The molecule has 0 aromatic heterocycles. The number of benzene rings is 2. The molecule has 0 saturated carbocycles. The molecule has 0 radical (unpaired) electrons. The van der Waals surface area contributed by atoms with Gasteiger partial charge < -0.3 is 10.1 Å². The highest BCUT2D eigenvalue weighted by Gasteiger charge is 2.31. The summed E-state index contributed by atoms with van der Waals surface area (Å²) in [5.74, 6) is 1.05. The number of carbonyl (C=O) groups is 1. The van der Waals surface area contributed by atoms with Gasteiger partial charge in [0.1, 0.15) is 5.75 Å². The summed E-state index contributed by atoms with van der Waals surface area (Å²) in [6.45, 7) is 5.49. The highest BCUT2D eigenvalue weighted by atomic mass is 32.2. The van der Waals surface area contributed by atoms with Crippen molar-refractivity contribution in [2.75, 3.05) is 20.2 Å². The molecule has 3 rings (SSSR count). The van der Waals surface area contributed by atoms with Gasteiger partial charge in [0.25, 0.3) is 5.91 Å². The fraction of sp³-hybridized carbons (Fsp3) is 0.409. The topological polar surface area (TPSA) is 75.7 Å². The van der Waals surface area contributed by atoms with E-state index in [1.807, 2.05) is 24.3 Å². The van der Waals surface area contributed by atoms with Crippen molar-refractivity contribution in [1.29, 1.82) is 0 Å². The number of hydrogen-bond acceptors (Lipinski definition) is 4. The minimum Gasteiger partial charge on any atom is -0.497 e. The van der Waals surface area contributed by atoms with E-state index in [-0.39, 0.29) is 10.8 Å². The number of nitrogens with one attached hydrogen (secondary N) is 1. The average Bonchev–Trinajstić information content (AvgIpc) is 2.71. The normalized spacial score (nSPS) is 20.2. The van der Waals surface area contributed by atoms with Crippen molar-refractivity contribution in [2.45, 2.75) is 31.7 Å². The molecule has 0 bridgehead atoms. The standard InChI is InChI=1S/C22H28N2O4S/c1-16-10-17(2)15-24(14-16)29(26,27)21-9-5-7-19(12-21)22(25)23-13-18-6-4-8-20(11-18)28-3/h4-9,11-12,16-17H,10,13-15H2,1-3H3,(H,23,25). The molecule has 29 heavy (non-hydrogen) atoms. The van der Waals surface area contributed by atoms with Crippen molar-refractivity contribution in [3.63, 3.8) is 0 Å². The Hall–Kier alpha value is -2.38. The summed E-state index contributed by atoms with van der Waals surface area (Å²) in [6.07, 6.45) is 1.03. The number of sulfonamides is 1. The van der Waals surface area contributed by atoms with E-state index in [0.29, 0.717) is 37.0 Å². The minimum absolute atomic E-state index is 0.160. The lowest BCUT2D eigenvalue weighted by Gasteiger charge is -2.34. The molecule has 1 fully saturated rings. The first-order chi connectivity index (χ1) is 13.8. The predicted octanol–water partition coefficient (Wildman–Crippen LogP) is 3.29. The number of nitrogens with zero attached hydrogens (tertiary/aromatic N) is 1. The molecule has 1 aliphatic heterocycles. The summed E-state index contributed by atoms with van der Waals surface area (Å²) in [5.41, 5.74) is 1.23. The largest absolute Gasteiger partial charge is 0.497 e. The Bertz CT molecular complexity index is 964. The van der Waals surface area contributed by atoms with Gasteiger partial charge in [-0.1, -0.05) is 32.0 Å². The van der Waals surface area contributed by atoms with E-state index < -0.39 is 10.0 Å². The minimum atomic E-state index is -3.62. The van der Waals surface area contributed by atoms with E-state index in [2.05, 4.69) is 19.2 Å². The third-order valence-corrected chi connectivity index (χ3v) is 6.98. The molecular weight excluding hydrogens is 388 g/mol. The van der Waals surface area contributed by atoms with Crippen LogP contribution in [-0.4, -0.2) is 38.8 Å². The van der Waals surface area contributed by atoms with Crippen LogP contribution in [0.2, 0.25) is 0 Å². The summed E-state index contributed by atoms with van der Waals surface area (Å²) >= 11 is 0. The van der Waals surface area contributed by atoms with E-state index >= 15 is 0 Å². The monoisotopic (exact) mass is 416 g/mol. The second-order valence-corrected chi connectivity index (χ2v) is 9.77. The van der Waals surface area contributed by atoms with Crippen LogP contribution in [0.4, 0.5) is 0 Å². The first-order valence-corrected chi connectivity index (χ1v) is 11.2. The number of hydrogen-bond donors (Lipinski definition) is 1. The molecule has 6 nitrogen and oxygen atoms in total. The molecular formula is C22H28N2O4S. The number of piperidine rings is 1. The molecule has 1 aliphatic rings. The Labute approximate surface area is 172 Å². The Morgan fingerprint density at radius 3 is 2.48 bits per heavy atom. The molecule has 1 saturated heterocycles. The van der Waals surface area contributed by atoms with Gasteiger partial charge >= 0.3 is 0 Å². The lowest BCUT2D eigenvalue weighted by molar-refractivity contribution is 0.0950. The molecule has 2 unspecified atom stereocenters. The molecule has 7 heteroatoms. The Kier molecular flexibility index (Phi) is 6.59. The highest BCUT2D eigenvalue weighted by Crippen LogP contribution is 2.27. The molecule has 2 atom stereocenters. The summed E-state index contributed by atoms with van der Waals surface area (Å²) in [6, 6.07) is 13.7. The Balaban J connectivity index is 1.73. The van der Waals surface area contributed by atoms with Crippen molar-refractivity contribution < 1.29 is 17.9 Å². The molecule has 2 aromatic carbocycles. The van der Waals surface area contributed by atoms with Gasteiger partial charge in [-0.3, -0.25) is 4.79 Å². The fourth-order valence-electron chi connectivity index (χ4n) is 3.82. The van der Waals surface area contributed by atoms with E-state index in [1.165, 1.54) is 6.07 Å². The third-order valence-electron chi connectivity index (χ3n) is 5.16. The third kappa shape index (κ3) is 5.16. The first kappa shape index (κ1) is 21.3. The molecule has 1 heterocycles. The second kappa shape index (κ2) is 8.97. The molecule has 156 valence electrons. The van der Waals surface area contributed by atoms with Crippen LogP contribution < -0.4 is 10.1 Å². The molecule has 1 amide bonds. The van der Waals surface area contributed by atoms with E-state index in [9.17, 15) is 13.2 Å². The van der Waals surface area contributed by atoms with Gasteiger partial charge in [-0.15, -0.1) is 0 Å². The van der Waals surface area contributed by atoms with Gasteiger partial charge in [-0.2, -0.15) is 4.31 Å². The number of methoxy groups -OCH3 is 1. The number of rotatable bonds is 6. The smallest absolute Gasteiger partial charge is 0.251 e. The zero-order valence-electron chi connectivity index (χ0n) is 17.1. The fourth-order valence-corrected chi connectivity index (χ4v) is 5.54. The maximum absolute atomic E-state index is 13.1. The van der Waals surface area contributed by atoms with E-state index in [1.54, 1.807) is 29.6 Å². The number of carbonyl (C=O) groups excluding carboxylic acids is 1. The maximum Gasteiger partial charge on any atom is 0.251 e. The van der Waals surface area contributed by atoms with Crippen LogP contribution in [-0.2, 0) is 16.6 Å². The highest BCUT2D eigenvalue weighted by molar-refractivity contribution is 7.89. The van der Waals surface area contributed by atoms with Crippen molar-refractivity contribution in [2.24, 2.45) is 11.8 Å². The zero-order valence-corrected chi connectivity index (χ0v) is 17.9. The van der Waals surface area contributed by atoms with Crippen molar-refractivity contribution in [3.05, 3.63) is 59.7 Å². The quantitative estimate of drug-likeness (QED) is 0.784. The summed E-state index contributed by atoms with van der Waals surface area (Å²) in [7, 11) is -2.03. The van der Waals surface area contributed by atoms with Gasteiger partial charge in [-0.25, -0.2) is 8.42 Å². The van der Waals surface area contributed by atoms with Crippen LogP contribution >= 0.6 is 0 Å². The number of ether oxygens (including phenoxy) is 1. The van der Waals surface area contributed by atoms with Crippen LogP contribution in [0.1, 0.15) is 36.2 Å². The first-order valence-electron chi connectivity index (χ1n) is 9.81. The zero-order chi connectivity index (χ0) is 21.0. The average molecular weight is 417 g/mol. The maximum atomic E-state index is 13.1. The van der Waals surface area contributed by atoms with Crippen LogP contribution in [0.3, 0.4) is 0 Å². The van der Waals surface area contributed by atoms with Gasteiger partial charge in [0, 0.05) is 25.2 Å². The van der Waals surface area contributed by atoms with Gasteiger partial charge in [0.15, 0.2) is 0 Å². The predicted molar refractivity (Wildman–Crippen MR) is 112 cm³/mol. The summed E-state index contributed by atoms with van der Waals surface area (Å²) in [5, 5.41) is 2.84. The lowest BCUT2D eigenvalue weighted by atomic mass is 9.94. The van der Waals surface area contributed by atoms with E-state index in [4.69, 9.17) is 4.74 Å². The van der Waals surface area contributed by atoms with Crippen molar-refractivity contribution in [3.8, 4) is 5.75 Å². The van der Waals surface area contributed by atoms with Gasteiger partial charge in [0.2, 0.25) is 10.0 Å². The molecule has 0 aliphatic carbocycles. The molecule has 1 N–H and O–H groups in total. The summed E-state index contributed by atoms with van der Waals surface area (Å²) < 4.78 is 32.9. The Morgan fingerprint density at radius 1 is 1.10 bits per heavy atom. The van der Waals surface area contributed by atoms with Crippen LogP contribution in [0.15, 0.2) is 53.4 Å². The van der Waals surface area contributed by atoms with Crippen molar-refractivity contribution in [1.82, 2.24) is 9.62 Å². The number of amides is 1. The molecule has 0 spiro atoms. The van der Waals surface area contributed by atoms with Gasteiger partial charge in [-0.05, 0) is 54.2 Å². The van der Waals surface area contributed by atoms with Crippen molar-refractivity contribution >= 4 is 15.9 Å². The SMILES string of the molecule is COc1cccc(CNC(=O)c2cccc(S(=O)(=O)N3CC(C)CC(C)C3)c2)c1. The van der Waals surface area contributed by atoms with Crippen LogP contribution in [0, 0.1) is 11.8 Å². The summed E-state index contributed by atoms with van der Waals surface area (Å²) in [4.78, 5) is 12.7. The molecule has 2 aromatic rings. The lowest BCUT2D eigenvalue weighted by Crippen LogP contribution is -2.42. The van der Waals surface area contributed by atoms with Crippen LogP contribution in [0.25, 0.3) is 0 Å². The van der Waals surface area contributed by atoms with Gasteiger partial charge in [0.05, 0.1) is 12.0 Å². The second-order valence-electron chi connectivity index (χ2n) is 7.83. The van der Waals surface area contributed by atoms with Crippen LogP contribution in [0.5, 0.6) is 5.75 Å². The van der Waals surface area contributed by atoms with E-state index in [0.717, 1.165) is 17.7 Å².